The summed E-state index contributed by atoms with van der Waals surface area (Å²) in [7, 11) is 1.27. The number of carbonyl (C=O) groups excluding carboxylic acids is 2. The van der Waals surface area contributed by atoms with Crippen molar-refractivity contribution in [2.75, 3.05) is 25.1 Å². The van der Waals surface area contributed by atoms with Crippen LogP contribution in [0.5, 0.6) is 0 Å². The lowest BCUT2D eigenvalue weighted by atomic mass is 9.64. The van der Waals surface area contributed by atoms with E-state index >= 15 is 4.39 Å². The number of rotatable bonds is 5. The molecule has 1 aromatic rings. The molecule has 0 radical (unpaired) electrons. The zero-order valence-electron chi connectivity index (χ0n) is 19.7. The van der Waals surface area contributed by atoms with E-state index in [1.54, 1.807) is 11.8 Å². The molecule has 34 heavy (non-hydrogen) atoms. The van der Waals surface area contributed by atoms with Crippen LogP contribution in [0.3, 0.4) is 0 Å². The third-order valence-corrected chi connectivity index (χ3v) is 8.18. The Bertz CT molecular complexity index is 947. The molecule has 0 spiro atoms. The molecule has 1 saturated carbocycles. The minimum absolute atomic E-state index is 0.0259. The van der Waals surface area contributed by atoms with Crippen molar-refractivity contribution < 1.29 is 31.9 Å². The molecule has 3 fully saturated rings. The topological polar surface area (TPSA) is 49.9 Å². The van der Waals surface area contributed by atoms with Gasteiger partial charge in [-0.2, -0.15) is 13.2 Å². The molecule has 2 heterocycles. The Kier molecular flexibility index (Phi) is 6.59. The fourth-order valence-electron chi connectivity index (χ4n) is 5.94. The predicted molar refractivity (Wildman–Crippen MR) is 119 cm³/mol. The Morgan fingerprint density at radius 3 is 2.41 bits per heavy atom. The summed E-state index contributed by atoms with van der Waals surface area (Å²) in [5.41, 5.74) is -2.44. The summed E-state index contributed by atoms with van der Waals surface area (Å²) in [6, 6.07) is 3.74. The molecule has 2 saturated heterocycles. The van der Waals surface area contributed by atoms with Gasteiger partial charge in [0, 0.05) is 24.7 Å². The van der Waals surface area contributed by atoms with Crippen LogP contribution in [0, 0.1) is 11.2 Å². The quantitative estimate of drug-likeness (QED) is 0.411. The number of amides is 1. The van der Waals surface area contributed by atoms with Gasteiger partial charge in [0.1, 0.15) is 11.4 Å². The number of carbonyl (C=O) groups is 2. The van der Waals surface area contributed by atoms with Crippen molar-refractivity contribution in [3.63, 3.8) is 0 Å². The number of hydrogen-bond acceptors (Lipinski definition) is 4. The van der Waals surface area contributed by atoms with Crippen molar-refractivity contribution in [1.82, 2.24) is 4.90 Å². The van der Waals surface area contributed by atoms with Gasteiger partial charge in [-0.25, -0.2) is 9.18 Å². The van der Waals surface area contributed by atoms with E-state index in [1.165, 1.54) is 24.1 Å². The molecule has 2 atom stereocenters. The number of hydrogen-bond donors (Lipinski definition) is 0. The van der Waals surface area contributed by atoms with Gasteiger partial charge in [0.15, 0.2) is 0 Å². The fourth-order valence-corrected chi connectivity index (χ4v) is 5.94. The van der Waals surface area contributed by atoms with Gasteiger partial charge in [0.25, 0.3) is 5.91 Å². The number of piperidine rings is 1. The van der Waals surface area contributed by atoms with Crippen LogP contribution in [0.25, 0.3) is 0 Å². The molecule has 0 bridgehead atoms. The summed E-state index contributed by atoms with van der Waals surface area (Å²) in [4.78, 5) is 28.6. The minimum atomic E-state index is -4.26. The Morgan fingerprint density at radius 1 is 1.09 bits per heavy atom. The van der Waals surface area contributed by atoms with E-state index in [-0.39, 0.29) is 30.5 Å². The summed E-state index contributed by atoms with van der Waals surface area (Å²) in [6.07, 6.45) is -0.183. The van der Waals surface area contributed by atoms with Crippen molar-refractivity contribution in [3.05, 3.63) is 29.6 Å². The van der Waals surface area contributed by atoms with E-state index < -0.39 is 40.9 Å². The van der Waals surface area contributed by atoms with Gasteiger partial charge in [0.2, 0.25) is 0 Å². The average molecular weight is 485 g/mol. The standard InChI is InChI=1S/C25H32F4N2O3/c1-23(22(33)34-2)10-6-14-31(23)21(32)17-8-9-20(19(26)15-17)30-13-4-3-7-18(30)16-24(11-5-12-24)25(27,28)29/h8-9,15,18H,3-7,10-14,16H2,1-2H3/t18?,23-/m0/s1. The van der Waals surface area contributed by atoms with Gasteiger partial charge in [-0.05, 0) is 76.5 Å². The molecule has 9 heteroatoms. The molecule has 4 rings (SSSR count). The zero-order valence-corrected chi connectivity index (χ0v) is 19.7. The molecule has 0 aromatic heterocycles. The Labute approximate surface area is 197 Å². The van der Waals surface area contributed by atoms with Crippen LogP contribution in [-0.2, 0) is 9.53 Å². The highest BCUT2D eigenvalue weighted by molar-refractivity contribution is 5.98. The smallest absolute Gasteiger partial charge is 0.394 e. The Morgan fingerprint density at radius 2 is 1.82 bits per heavy atom. The average Bonchev–Trinajstić information content (AvgIpc) is 3.17. The van der Waals surface area contributed by atoms with Gasteiger partial charge in [-0.1, -0.05) is 6.42 Å². The maximum Gasteiger partial charge on any atom is 0.394 e. The lowest BCUT2D eigenvalue weighted by Crippen LogP contribution is -2.51. The highest BCUT2D eigenvalue weighted by Crippen LogP contribution is 2.57. The zero-order chi connectivity index (χ0) is 24.7. The summed E-state index contributed by atoms with van der Waals surface area (Å²) >= 11 is 0. The normalized spacial score (nSPS) is 26.8. The van der Waals surface area contributed by atoms with Crippen LogP contribution in [0.2, 0.25) is 0 Å². The predicted octanol–water partition coefficient (Wildman–Crippen LogP) is 5.48. The highest BCUT2D eigenvalue weighted by Gasteiger charge is 2.59. The van der Waals surface area contributed by atoms with Crippen LogP contribution in [0.4, 0.5) is 23.2 Å². The van der Waals surface area contributed by atoms with Crippen LogP contribution in [-0.4, -0.2) is 54.7 Å². The molecule has 2 aliphatic heterocycles. The molecule has 188 valence electrons. The lowest BCUT2D eigenvalue weighted by Gasteiger charge is -2.48. The number of benzene rings is 1. The number of ether oxygens (including phenoxy) is 1. The van der Waals surface area contributed by atoms with Gasteiger partial charge in [-0.3, -0.25) is 4.79 Å². The summed E-state index contributed by atoms with van der Waals surface area (Å²) < 4.78 is 61.5. The third-order valence-electron chi connectivity index (χ3n) is 8.18. The molecule has 0 N–H and O–H groups in total. The van der Waals surface area contributed by atoms with E-state index in [2.05, 4.69) is 0 Å². The molecule has 3 aliphatic rings. The van der Waals surface area contributed by atoms with Crippen molar-refractivity contribution in [2.24, 2.45) is 5.41 Å². The first-order chi connectivity index (χ1) is 16.0. The monoisotopic (exact) mass is 484 g/mol. The molecular weight excluding hydrogens is 452 g/mol. The first-order valence-corrected chi connectivity index (χ1v) is 12.1. The van der Waals surface area contributed by atoms with Crippen LogP contribution < -0.4 is 4.90 Å². The Balaban J connectivity index is 1.56. The molecular formula is C25H32F4N2O3. The summed E-state index contributed by atoms with van der Waals surface area (Å²) in [6.45, 7) is 2.49. The summed E-state index contributed by atoms with van der Waals surface area (Å²) in [5, 5.41) is 0. The number of nitrogens with zero attached hydrogens (tertiary/aromatic N) is 2. The second-order valence-electron chi connectivity index (χ2n) is 10.2. The maximum atomic E-state index is 15.3. The van der Waals surface area contributed by atoms with Gasteiger partial charge < -0.3 is 14.5 Å². The fraction of sp³-hybridized carbons (Fsp3) is 0.680. The molecule has 1 unspecified atom stereocenters. The van der Waals surface area contributed by atoms with E-state index in [1.807, 2.05) is 0 Å². The van der Waals surface area contributed by atoms with Crippen LogP contribution >= 0.6 is 0 Å². The van der Waals surface area contributed by atoms with Crippen LogP contribution in [0.1, 0.15) is 75.1 Å². The second-order valence-corrected chi connectivity index (χ2v) is 10.2. The first kappa shape index (κ1) is 24.8. The van der Waals surface area contributed by atoms with Crippen molar-refractivity contribution >= 4 is 17.6 Å². The second kappa shape index (κ2) is 9.04. The SMILES string of the molecule is COC(=O)[C@]1(C)CCCN1C(=O)c1ccc(N2CCCCC2CC2(C(F)(F)F)CCC2)c(F)c1. The van der Waals surface area contributed by atoms with E-state index in [4.69, 9.17) is 4.74 Å². The third kappa shape index (κ3) is 4.15. The molecule has 1 aliphatic carbocycles. The van der Waals surface area contributed by atoms with Crippen molar-refractivity contribution in [1.29, 1.82) is 0 Å². The van der Waals surface area contributed by atoms with E-state index in [0.717, 1.165) is 18.9 Å². The van der Waals surface area contributed by atoms with E-state index in [0.29, 0.717) is 38.8 Å². The molecule has 5 nitrogen and oxygen atoms in total. The van der Waals surface area contributed by atoms with Gasteiger partial charge in [-0.15, -0.1) is 0 Å². The number of likely N-dealkylation sites (tertiary alicyclic amines) is 1. The maximum absolute atomic E-state index is 15.3. The molecule has 1 aromatic carbocycles. The number of esters is 1. The number of alkyl halides is 3. The number of anilines is 1. The summed E-state index contributed by atoms with van der Waals surface area (Å²) in [5.74, 6) is -1.61. The number of halogens is 4. The van der Waals surface area contributed by atoms with Crippen molar-refractivity contribution in [2.45, 2.75) is 82.5 Å². The van der Waals surface area contributed by atoms with E-state index in [9.17, 15) is 22.8 Å². The van der Waals surface area contributed by atoms with Crippen molar-refractivity contribution in [3.8, 4) is 0 Å². The minimum Gasteiger partial charge on any atom is -0.467 e. The number of methoxy groups -OCH3 is 1. The lowest BCUT2D eigenvalue weighted by molar-refractivity contribution is -0.255. The molecule has 1 amide bonds. The van der Waals surface area contributed by atoms with Gasteiger partial charge >= 0.3 is 12.1 Å². The Hall–Kier alpha value is -2.32. The largest absolute Gasteiger partial charge is 0.467 e. The van der Waals surface area contributed by atoms with Gasteiger partial charge in [0.05, 0.1) is 18.2 Å². The van der Waals surface area contributed by atoms with Crippen LogP contribution in [0.15, 0.2) is 18.2 Å². The first-order valence-electron chi connectivity index (χ1n) is 12.1. The highest BCUT2D eigenvalue weighted by atomic mass is 19.4.